The second kappa shape index (κ2) is 6.18. The van der Waals surface area contributed by atoms with Crippen molar-refractivity contribution < 1.29 is 23.1 Å². The lowest BCUT2D eigenvalue weighted by Gasteiger charge is -2.10. The smallest absolute Gasteiger partial charge is 0.416 e. The summed E-state index contributed by atoms with van der Waals surface area (Å²) in [5.74, 6) is -0.993. The van der Waals surface area contributed by atoms with Gasteiger partial charge in [-0.05, 0) is 52.3 Å². The maximum absolute atomic E-state index is 12.4. The molecule has 0 aliphatic heterocycles. The fourth-order valence-corrected chi connectivity index (χ4v) is 2.15. The van der Waals surface area contributed by atoms with Gasteiger partial charge in [0, 0.05) is 10.2 Å². The van der Waals surface area contributed by atoms with Crippen LogP contribution in [0.4, 0.5) is 18.9 Å². The monoisotopic (exact) mass is 393 g/mol. The molecule has 2 aromatic carbocycles. The van der Waals surface area contributed by atoms with Gasteiger partial charge < -0.3 is 10.4 Å². The first-order chi connectivity index (χ1) is 10.2. The van der Waals surface area contributed by atoms with E-state index in [-0.39, 0.29) is 22.0 Å². The largest absolute Gasteiger partial charge is 0.507 e. The van der Waals surface area contributed by atoms with Gasteiger partial charge in [0.05, 0.1) is 16.1 Å². The highest BCUT2D eigenvalue weighted by molar-refractivity contribution is 9.10. The molecule has 0 saturated heterocycles. The molecule has 8 heteroatoms. The molecule has 116 valence electrons. The SMILES string of the molecule is O=C(Nc1ccc(C(F)(F)F)cc1)c1cc(Cl)c(Br)cc1O. The Kier molecular flexibility index (Phi) is 4.67. The number of aromatic hydroxyl groups is 1. The molecule has 0 bridgehead atoms. The molecule has 0 spiro atoms. The van der Waals surface area contributed by atoms with E-state index >= 15 is 0 Å². The number of carbonyl (C=O) groups is 1. The van der Waals surface area contributed by atoms with Crippen molar-refractivity contribution in [2.45, 2.75) is 6.18 Å². The average molecular weight is 395 g/mol. The Morgan fingerprint density at radius 3 is 2.32 bits per heavy atom. The number of nitrogens with one attached hydrogen (secondary N) is 1. The second-order valence-corrected chi connectivity index (χ2v) is 5.57. The molecule has 2 aromatic rings. The van der Waals surface area contributed by atoms with E-state index in [0.717, 1.165) is 24.3 Å². The maximum Gasteiger partial charge on any atom is 0.416 e. The molecule has 2 rings (SSSR count). The number of alkyl halides is 3. The van der Waals surface area contributed by atoms with E-state index in [1.165, 1.54) is 12.1 Å². The summed E-state index contributed by atoms with van der Waals surface area (Å²) >= 11 is 8.93. The van der Waals surface area contributed by atoms with Crippen molar-refractivity contribution >= 4 is 39.1 Å². The lowest BCUT2D eigenvalue weighted by atomic mass is 10.1. The standard InChI is InChI=1S/C14H8BrClF3NO2/c15-10-6-12(21)9(5-11(10)16)13(22)20-8-3-1-7(2-4-8)14(17,18)19/h1-6,21H,(H,20,22). The van der Waals surface area contributed by atoms with Crippen LogP contribution in [-0.2, 0) is 6.18 Å². The molecule has 0 aliphatic carbocycles. The quantitative estimate of drug-likeness (QED) is 0.746. The van der Waals surface area contributed by atoms with Gasteiger partial charge in [-0.15, -0.1) is 0 Å². The van der Waals surface area contributed by atoms with Crippen molar-refractivity contribution in [1.29, 1.82) is 0 Å². The first kappa shape index (κ1) is 16.6. The third-order valence-corrected chi connectivity index (χ3v) is 3.95. The van der Waals surface area contributed by atoms with Crippen LogP contribution in [0.1, 0.15) is 15.9 Å². The Labute approximate surface area is 136 Å². The van der Waals surface area contributed by atoms with Crippen LogP contribution in [0.2, 0.25) is 5.02 Å². The highest BCUT2D eigenvalue weighted by Gasteiger charge is 2.30. The van der Waals surface area contributed by atoms with Gasteiger partial charge in [-0.3, -0.25) is 4.79 Å². The summed E-state index contributed by atoms with van der Waals surface area (Å²) in [6, 6.07) is 6.45. The Bertz CT molecular complexity index is 717. The Balaban J connectivity index is 2.21. The van der Waals surface area contributed by atoms with E-state index in [2.05, 4.69) is 21.2 Å². The van der Waals surface area contributed by atoms with Crippen LogP contribution in [0.5, 0.6) is 5.75 Å². The van der Waals surface area contributed by atoms with Crippen LogP contribution < -0.4 is 5.32 Å². The molecule has 2 N–H and O–H groups in total. The van der Waals surface area contributed by atoms with Crippen molar-refractivity contribution in [2.75, 3.05) is 5.32 Å². The number of hydrogen-bond donors (Lipinski definition) is 2. The van der Waals surface area contributed by atoms with Gasteiger partial charge in [-0.2, -0.15) is 13.2 Å². The molecular weight excluding hydrogens is 387 g/mol. The van der Waals surface area contributed by atoms with Crippen molar-refractivity contribution in [2.24, 2.45) is 0 Å². The molecule has 0 heterocycles. The number of anilines is 1. The number of amides is 1. The van der Waals surface area contributed by atoms with Crippen molar-refractivity contribution in [1.82, 2.24) is 0 Å². The third-order valence-electron chi connectivity index (χ3n) is 2.75. The zero-order chi connectivity index (χ0) is 16.5. The number of phenolic OH excluding ortho intramolecular Hbond substituents is 1. The van der Waals surface area contributed by atoms with E-state index in [1.54, 1.807) is 0 Å². The maximum atomic E-state index is 12.4. The van der Waals surface area contributed by atoms with Crippen LogP contribution in [0.3, 0.4) is 0 Å². The molecule has 0 saturated carbocycles. The number of carbonyl (C=O) groups excluding carboxylic acids is 1. The molecule has 1 amide bonds. The predicted molar refractivity (Wildman–Crippen MR) is 80.2 cm³/mol. The summed E-state index contributed by atoms with van der Waals surface area (Å²) in [5, 5.41) is 12.3. The Hall–Kier alpha value is -1.73. The van der Waals surface area contributed by atoms with Crippen molar-refractivity contribution in [3.63, 3.8) is 0 Å². The Morgan fingerprint density at radius 2 is 1.77 bits per heavy atom. The first-order valence-electron chi connectivity index (χ1n) is 5.85. The lowest BCUT2D eigenvalue weighted by Crippen LogP contribution is -2.12. The molecule has 0 unspecified atom stereocenters. The summed E-state index contributed by atoms with van der Waals surface area (Å²) in [6.07, 6.45) is -4.44. The van der Waals surface area contributed by atoms with Gasteiger partial charge in [-0.1, -0.05) is 11.6 Å². The number of hydrogen-bond acceptors (Lipinski definition) is 2. The molecule has 0 aliphatic rings. The van der Waals surface area contributed by atoms with E-state index in [4.69, 9.17) is 11.6 Å². The minimum absolute atomic E-state index is 0.0897. The summed E-state index contributed by atoms with van der Waals surface area (Å²) in [7, 11) is 0. The van der Waals surface area contributed by atoms with Crippen LogP contribution >= 0.6 is 27.5 Å². The predicted octanol–water partition coefficient (Wildman–Crippen LogP) is 5.08. The highest BCUT2D eigenvalue weighted by atomic mass is 79.9. The van der Waals surface area contributed by atoms with Gasteiger partial charge in [0.2, 0.25) is 0 Å². The minimum atomic E-state index is -4.44. The summed E-state index contributed by atoms with van der Waals surface area (Å²) in [5.41, 5.74) is -0.746. The molecule has 0 aromatic heterocycles. The minimum Gasteiger partial charge on any atom is -0.507 e. The molecular formula is C14H8BrClF3NO2. The molecule has 22 heavy (non-hydrogen) atoms. The topological polar surface area (TPSA) is 49.3 Å². The van der Waals surface area contributed by atoms with Crippen LogP contribution in [-0.4, -0.2) is 11.0 Å². The zero-order valence-corrected chi connectivity index (χ0v) is 13.1. The van der Waals surface area contributed by atoms with E-state index in [9.17, 15) is 23.1 Å². The van der Waals surface area contributed by atoms with Gasteiger partial charge in [-0.25, -0.2) is 0 Å². The van der Waals surface area contributed by atoms with E-state index in [1.807, 2.05) is 0 Å². The summed E-state index contributed by atoms with van der Waals surface area (Å²) in [4.78, 5) is 12.0. The lowest BCUT2D eigenvalue weighted by molar-refractivity contribution is -0.137. The van der Waals surface area contributed by atoms with Crippen LogP contribution in [0.25, 0.3) is 0 Å². The van der Waals surface area contributed by atoms with Gasteiger partial charge in [0.15, 0.2) is 0 Å². The molecule has 0 radical (unpaired) electrons. The van der Waals surface area contributed by atoms with Crippen LogP contribution in [0, 0.1) is 0 Å². The van der Waals surface area contributed by atoms with Gasteiger partial charge in [0.1, 0.15) is 5.75 Å². The van der Waals surface area contributed by atoms with E-state index < -0.39 is 17.6 Å². The van der Waals surface area contributed by atoms with Gasteiger partial charge >= 0.3 is 6.18 Å². The zero-order valence-electron chi connectivity index (χ0n) is 10.7. The molecule has 0 atom stereocenters. The number of halogens is 5. The van der Waals surface area contributed by atoms with Gasteiger partial charge in [0.25, 0.3) is 5.91 Å². The molecule has 3 nitrogen and oxygen atoms in total. The number of rotatable bonds is 2. The van der Waals surface area contributed by atoms with Crippen molar-refractivity contribution in [3.8, 4) is 5.75 Å². The second-order valence-electron chi connectivity index (χ2n) is 4.31. The summed E-state index contributed by atoms with van der Waals surface area (Å²) in [6.45, 7) is 0. The fraction of sp³-hybridized carbons (Fsp3) is 0.0714. The third kappa shape index (κ3) is 3.72. The molecule has 0 fully saturated rings. The number of phenols is 1. The normalized spacial score (nSPS) is 11.3. The van der Waals surface area contributed by atoms with Crippen molar-refractivity contribution in [3.05, 3.63) is 57.0 Å². The van der Waals surface area contributed by atoms with Crippen LogP contribution in [0.15, 0.2) is 40.9 Å². The number of benzene rings is 2. The fourth-order valence-electron chi connectivity index (χ4n) is 1.66. The Morgan fingerprint density at radius 1 is 1.18 bits per heavy atom. The average Bonchev–Trinajstić information content (AvgIpc) is 2.42. The first-order valence-corrected chi connectivity index (χ1v) is 7.02. The summed E-state index contributed by atoms with van der Waals surface area (Å²) < 4.78 is 37.7. The highest BCUT2D eigenvalue weighted by Crippen LogP contribution is 2.32. The van der Waals surface area contributed by atoms with E-state index in [0.29, 0.717) is 4.47 Å².